The molecule has 0 saturated carbocycles. The molecular formula is C12H11N3O. The molecule has 0 bridgehead atoms. The summed E-state index contributed by atoms with van der Waals surface area (Å²) in [5.41, 5.74) is 1.85. The number of amides is 1. The van der Waals surface area contributed by atoms with E-state index in [9.17, 15) is 4.79 Å². The summed E-state index contributed by atoms with van der Waals surface area (Å²) in [5, 5.41) is 2.74. The van der Waals surface area contributed by atoms with Crippen LogP contribution >= 0.6 is 0 Å². The van der Waals surface area contributed by atoms with Gasteiger partial charge in [0.25, 0.3) is 5.91 Å². The molecule has 1 amide bonds. The van der Waals surface area contributed by atoms with Gasteiger partial charge in [0.1, 0.15) is 5.69 Å². The number of para-hydroxylation sites is 1. The minimum absolute atomic E-state index is 0.251. The summed E-state index contributed by atoms with van der Waals surface area (Å²) in [6.07, 6.45) is 3.04. The maximum absolute atomic E-state index is 11.7. The number of carbonyl (C=O) groups is 1. The predicted octanol–water partition coefficient (Wildman–Crippen LogP) is 2.04. The van der Waals surface area contributed by atoms with Gasteiger partial charge in [-0.1, -0.05) is 18.2 Å². The SMILES string of the molecule is Cc1cnc(C(=O)Nc2ccccc2)cn1. The lowest BCUT2D eigenvalue weighted by Gasteiger charge is -2.03. The van der Waals surface area contributed by atoms with Crippen LogP contribution in [-0.2, 0) is 0 Å². The van der Waals surface area contributed by atoms with Crippen molar-refractivity contribution in [1.29, 1.82) is 0 Å². The second kappa shape index (κ2) is 4.53. The van der Waals surface area contributed by atoms with E-state index in [0.717, 1.165) is 11.4 Å². The third kappa shape index (κ3) is 2.42. The van der Waals surface area contributed by atoms with Gasteiger partial charge in [-0.25, -0.2) is 4.98 Å². The number of rotatable bonds is 2. The van der Waals surface area contributed by atoms with Crippen molar-refractivity contribution in [2.24, 2.45) is 0 Å². The first kappa shape index (κ1) is 10.3. The molecule has 0 saturated heterocycles. The molecule has 1 heterocycles. The predicted molar refractivity (Wildman–Crippen MR) is 61.2 cm³/mol. The lowest BCUT2D eigenvalue weighted by molar-refractivity contribution is 0.102. The van der Waals surface area contributed by atoms with Gasteiger partial charge in [-0.15, -0.1) is 0 Å². The maximum Gasteiger partial charge on any atom is 0.275 e. The number of nitrogens with one attached hydrogen (secondary N) is 1. The second-order valence-corrected chi connectivity index (χ2v) is 3.36. The molecule has 4 heteroatoms. The Labute approximate surface area is 93.4 Å². The van der Waals surface area contributed by atoms with Crippen molar-refractivity contribution in [1.82, 2.24) is 9.97 Å². The van der Waals surface area contributed by atoms with Gasteiger partial charge in [-0.2, -0.15) is 0 Å². The molecule has 1 aromatic heterocycles. The highest BCUT2D eigenvalue weighted by molar-refractivity contribution is 6.02. The van der Waals surface area contributed by atoms with Crippen LogP contribution in [0.2, 0.25) is 0 Å². The molecule has 0 aliphatic carbocycles. The Morgan fingerprint density at radius 1 is 1.12 bits per heavy atom. The van der Waals surface area contributed by atoms with Crippen molar-refractivity contribution in [2.75, 3.05) is 5.32 Å². The van der Waals surface area contributed by atoms with E-state index in [1.165, 1.54) is 6.20 Å². The van der Waals surface area contributed by atoms with E-state index < -0.39 is 0 Å². The quantitative estimate of drug-likeness (QED) is 0.830. The van der Waals surface area contributed by atoms with Crippen LogP contribution in [0.1, 0.15) is 16.2 Å². The highest BCUT2D eigenvalue weighted by Crippen LogP contribution is 2.06. The molecule has 1 aromatic carbocycles. The molecule has 80 valence electrons. The molecular weight excluding hydrogens is 202 g/mol. The largest absolute Gasteiger partial charge is 0.321 e. The van der Waals surface area contributed by atoms with Crippen LogP contribution in [0.4, 0.5) is 5.69 Å². The zero-order valence-corrected chi connectivity index (χ0v) is 8.84. The van der Waals surface area contributed by atoms with Gasteiger partial charge in [-0.3, -0.25) is 9.78 Å². The van der Waals surface area contributed by atoms with Crippen molar-refractivity contribution in [3.05, 3.63) is 54.1 Å². The fraction of sp³-hybridized carbons (Fsp3) is 0.0833. The molecule has 0 atom stereocenters. The van der Waals surface area contributed by atoms with E-state index in [1.807, 2.05) is 37.3 Å². The first-order valence-electron chi connectivity index (χ1n) is 4.91. The van der Waals surface area contributed by atoms with Crippen LogP contribution in [0.3, 0.4) is 0 Å². The Morgan fingerprint density at radius 3 is 2.50 bits per heavy atom. The van der Waals surface area contributed by atoms with Crippen molar-refractivity contribution in [2.45, 2.75) is 6.92 Å². The summed E-state index contributed by atoms with van der Waals surface area (Å²) in [6.45, 7) is 1.83. The molecule has 4 nitrogen and oxygen atoms in total. The molecule has 0 spiro atoms. The number of hydrogen-bond donors (Lipinski definition) is 1. The Balaban J connectivity index is 2.12. The number of nitrogens with zero attached hydrogens (tertiary/aromatic N) is 2. The number of aryl methyl sites for hydroxylation is 1. The molecule has 0 radical (unpaired) electrons. The molecule has 2 aromatic rings. The van der Waals surface area contributed by atoms with Crippen molar-refractivity contribution in [3.63, 3.8) is 0 Å². The average molecular weight is 213 g/mol. The summed E-state index contributed by atoms with van der Waals surface area (Å²) in [4.78, 5) is 19.7. The first-order valence-corrected chi connectivity index (χ1v) is 4.91. The number of hydrogen-bond acceptors (Lipinski definition) is 3. The zero-order valence-electron chi connectivity index (χ0n) is 8.84. The van der Waals surface area contributed by atoms with Gasteiger partial charge in [-0.05, 0) is 19.1 Å². The van der Waals surface area contributed by atoms with Gasteiger partial charge in [0.2, 0.25) is 0 Å². The third-order valence-electron chi connectivity index (χ3n) is 2.05. The Kier molecular flexibility index (Phi) is 2.91. The van der Waals surface area contributed by atoms with Crippen LogP contribution in [0.25, 0.3) is 0 Å². The topological polar surface area (TPSA) is 54.9 Å². The second-order valence-electron chi connectivity index (χ2n) is 3.36. The average Bonchev–Trinajstić information content (AvgIpc) is 2.31. The third-order valence-corrected chi connectivity index (χ3v) is 2.05. The summed E-state index contributed by atoms with van der Waals surface area (Å²) >= 11 is 0. The maximum atomic E-state index is 11.7. The fourth-order valence-electron chi connectivity index (χ4n) is 1.23. The summed E-state index contributed by atoms with van der Waals surface area (Å²) in [6, 6.07) is 9.24. The van der Waals surface area contributed by atoms with Crippen LogP contribution in [0, 0.1) is 6.92 Å². The van der Waals surface area contributed by atoms with Crippen molar-refractivity contribution >= 4 is 11.6 Å². The van der Waals surface area contributed by atoms with E-state index in [4.69, 9.17) is 0 Å². The number of carbonyl (C=O) groups excluding carboxylic acids is 1. The highest BCUT2D eigenvalue weighted by Gasteiger charge is 2.06. The smallest absolute Gasteiger partial charge is 0.275 e. The van der Waals surface area contributed by atoms with Crippen molar-refractivity contribution in [3.8, 4) is 0 Å². The zero-order chi connectivity index (χ0) is 11.4. The van der Waals surface area contributed by atoms with Crippen LogP contribution < -0.4 is 5.32 Å². The Bertz CT molecular complexity index is 479. The first-order chi connectivity index (χ1) is 7.75. The van der Waals surface area contributed by atoms with E-state index >= 15 is 0 Å². The van der Waals surface area contributed by atoms with Gasteiger partial charge in [0.05, 0.1) is 11.9 Å². The van der Waals surface area contributed by atoms with Crippen LogP contribution in [-0.4, -0.2) is 15.9 Å². The fourth-order valence-corrected chi connectivity index (χ4v) is 1.23. The molecule has 0 aliphatic heterocycles. The monoisotopic (exact) mass is 213 g/mol. The molecule has 0 unspecified atom stereocenters. The van der Waals surface area contributed by atoms with E-state index in [-0.39, 0.29) is 5.91 Å². The number of aromatic nitrogens is 2. The van der Waals surface area contributed by atoms with Gasteiger partial charge in [0, 0.05) is 11.9 Å². The number of benzene rings is 1. The normalized spacial score (nSPS) is 9.81. The summed E-state index contributed by atoms with van der Waals surface area (Å²) in [5.74, 6) is -0.251. The molecule has 2 rings (SSSR count). The van der Waals surface area contributed by atoms with Gasteiger partial charge < -0.3 is 5.32 Å². The van der Waals surface area contributed by atoms with E-state index in [2.05, 4.69) is 15.3 Å². The van der Waals surface area contributed by atoms with E-state index in [0.29, 0.717) is 5.69 Å². The summed E-state index contributed by atoms with van der Waals surface area (Å²) in [7, 11) is 0. The minimum atomic E-state index is -0.251. The Morgan fingerprint density at radius 2 is 1.88 bits per heavy atom. The van der Waals surface area contributed by atoms with Gasteiger partial charge in [0.15, 0.2) is 0 Å². The Hall–Kier alpha value is -2.23. The van der Waals surface area contributed by atoms with Gasteiger partial charge >= 0.3 is 0 Å². The molecule has 1 N–H and O–H groups in total. The highest BCUT2D eigenvalue weighted by atomic mass is 16.1. The summed E-state index contributed by atoms with van der Waals surface area (Å²) < 4.78 is 0. The van der Waals surface area contributed by atoms with Crippen molar-refractivity contribution < 1.29 is 4.79 Å². The standard InChI is InChI=1S/C12H11N3O/c1-9-7-14-11(8-13-9)12(16)15-10-5-3-2-4-6-10/h2-8H,1H3,(H,15,16). The molecule has 16 heavy (non-hydrogen) atoms. The lowest BCUT2D eigenvalue weighted by atomic mass is 10.3. The lowest BCUT2D eigenvalue weighted by Crippen LogP contribution is -2.13. The van der Waals surface area contributed by atoms with Crippen LogP contribution in [0.5, 0.6) is 0 Å². The molecule has 0 fully saturated rings. The molecule has 0 aliphatic rings. The minimum Gasteiger partial charge on any atom is -0.321 e. The van der Waals surface area contributed by atoms with Crippen LogP contribution in [0.15, 0.2) is 42.7 Å². The number of anilines is 1. The van der Waals surface area contributed by atoms with E-state index in [1.54, 1.807) is 6.20 Å².